The normalized spacial score (nSPS) is 11.8. The Morgan fingerprint density at radius 3 is 2.11 bits per heavy atom. The molecule has 0 radical (unpaired) electrons. The van der Waals surface area contributed by atoms with Gasteiger partial charge in [-0.2, -0.15) is 0 Å². The van der Waals surface area contributed by atoms with E-state index in [1.165, 1.54) is 42.1 Å². The highest BCUT2D eigenvalue weighted by Crippen LogP contribution is 2.37. The van der Waals surface area contributed by atoms with E-state index in [4.69, 9.17) is 34.8 Å². The molecule has 0 aliphatic heterocycles. The number of amides is 3. The quantitative estimate of drug-likeness (QED) is 0.0998. The van der Waals surface area contributed by atoms with Crippen molar-refractivity contribution >= 4 is 81.7 Å². The van der Waals surface area contributed by atoms with Crippen molar-refractivity contribution in [2.24, 2.45) is 0 Å². The van der Waals surface area contributed by atoms with Crippen LogP contribution in [-0.2, 0) is 9.59 Å². The molecule has 0 saturated heterocycles. The Kier molecular flexibility index (Phi) is 11.3. The Hall–Kier alpha value is -4.60. The Morgan fingerprint density at radius 2 is 1.40 bits per heavy atom. The SMILES string of the molecule is O=C(Nc1cccc(SC(C(=O)Nc2ccc(F)c(Cl)c2)c2ccccc2)c1)/C(=C\c1ccc(Cl)cc1Cl)NC(=O)c1ccccc1. The molecule has 0 fully saturated rings. The molecule has 3 amide bonds. The zero-order valence-corrected chi connectivity index (χ0v) is 27.4. The number of thioether (sulfide) groups is 1. The maximum Gasteiger partial charge on any atom is 0.272 e. The molecule has 1 atom stereocenters. The molecule has 6 nitrogen and oxygen atoms in total. The van der Waals surface area contributed by atoms with Gasteiger partial charge in [0, 0.05) is 31.9 Å². The van der Waals surface area contributed by atoms with Crippen molar-refractivity contribution in [2.75, 3.05) is 10.6 Å². The van der Waals surface area contributed by atoms with E-state index in [-0.39, 0.29) is 16.6 Å². The third kappa shape index (κ3) is 9.24. The minimum Gasteiger partial charge on any atom is -0.325 e. The number of nitrogens with one attached hydrogen (secondary N) is 3. The van der Waals surface area contributed by atoms with Crippen molar-refractivity contribution < 1.29 is 18.8 Å². The van der Waals surface area contributed by atoms with Gasteiger partial charge in [0.05, 0.1) is 5.02 Å². The van der Waals surface area contributed by atoms with Crippen LogP contribution in [0.2, 0.25) is 15.1 Å². The number of benzene rings is 5. The standard InChI is InChI=1S/C36H25Cl3FN3O3S/c37-25-15-14-24(29(38)19-25)18-32(43-34(44)23-10-5-2-6-11-23)35(45)41-26-12-7-13-28(20-26)47-33(22-8-3-1-4-9-22)36(46)42-27-16-17-31(40)30(39)21-27/h1-21,33H,(H,41,45)(H,42,46)(H,43,44)/b32-18+. The fourth-order valence-electron chi connectivity index (χ4n) is 4.38. The summed E-state index contributed by atoms with van der Waals surface area (Å²) in [6.07, 6.45) is 1.46. The van der Waals surface area contributed by atoms with E-state index >= 15 is 0 Å². The molecule has 0 bridgehead atoms. The molecule has 0 aliphatic carbocycles. The lowest BCUT2D eigenvalue weighted by atomic mass is 10.1. The number of carbonyl (C=O) groups excluding carboxylic acids is 3. The van der Waals surface area contributed by atoms with Crippen molar-refractivity contribution in [3.63, 3.8) is 0 Å². The van der Waals surface area contributed by atoms with Crippen molar-refractivity contribution in [1.82, 2.24) is 5.32 Å². The van der Waals surface area contributed by atoms with E-state index in [0.29, 0.717) is 37.4 Å². The number of halogens is 4. The predicted molar refractivity (Wildman–Crippen MR) is 188 cm³/mol. The van der Waals surface area contributed by atoms with Crippen LogP contribution in [0.15, 0.2) is 132 Å². The van der Waals surface area contributed by atoms with Crippen LogP contribution in [0.5, 0.6) is 0 Å². The van der Waals surface area contributed by atoms with Gasteiger partial charge in [-0.25, -0.2) is 4.39 Å². The Balaban J connectivity index is 1.39. The summed E-state index contributed by atoms with van der Waals surface area (Å²) >= 11 is 19.6. The smallest absolute Gasteiger partial charge is 0.272 e. The van der Waals surface area contributed by atoms with Gasteiger partial charge in [0.2, 0.25) is 5.91 Å². The summed E-state index contributed by atoms with van der Waals surface area (Å²) in [7, 11) is 0. The summed E-state index contributed by atoms with van der Waals surface area (Å²) in [5.41, 5.74) is 2.27. The first kappa shape index (κ1) is 33.8. The highest BCUT2D eigenvalue weighted by Gasteiger charge is 2.23. The summed E-state index contributed by atoms with van der Waals surface area (Å²) in [6.45, 7) is 0. The Morgan fingerprint density at radius 1 is 0.702 bits per heavy atom. The van der Waals surface area contributed by atoms with Crippen LogP contribution in [0.25, 0.3) is 6.08 Å². The van der Waals surface area contributed by atoms with Crippen LogP contribution in [0.3, 0.4) is 0 Å². The molecule has 0 spiro atoms. The Labute approximate surface area is 289 Å². The maximum atomic E-state index is 13.7. The highest BCUT2D eigenvalue weighted by atomic mass is 35.5. The van der Waals surface area contributed by atoms with Crippen molar-refractivity contribution in [2.45, 2.75) is 10.1 Å². The van der Waals surface area contributed by atoms with Gasteiger partial charge in [-0.05, 0) is 77.9 Å². The van der Waals surface area contributed by atoms with Crippen LogP contribution in [-0.4, -0.2) is 17.7 Å². The van der Waals surface area contributed by atoms with E-state index in [1.807, 2.05) is 30.3 Å². The number of carbonyl (C=O) groups is 3. The lowest BCUT2D eigenvalue weighted by Gasteiger charge is -2.18. The van der Waals surface area contributed by atoms with Gasteiger partial charge in [-0.15, -0.1) is 11.8 Å². The topological polar surface area (TPSA) is 87.3 Å². The third-order valence-electron chi connectivity index (χ3n) is 6.66. The van der Waals surface area contributed by atoms with E-state index in [0.717, 1.165) is 5.56 Å². The second-order valence-corrected chi connectivity index (χ2v) is 12.5. The molecule has 47 heavy (non-hydrogen) atoms. The van der Waals surface area contributed by atoms with Gasteiger partial charge in [0.15, 0.2) is 0 Å². The van der Waals surface area contributed by atoms with Gasteiger partial charge in [0.1, 0.15) is 16.8 Å². The Bertz CT molecular complexity index is 1960. The number of hydrogen-bond acceptors (Lipinski definition) is 4. The fourth-order valence-corrected chi connectivity index (χ4v) is 6.11. The van der Waals surface area contributed by atoms with Crippen LogP contribution in [0, 0.1) is 5.82 Å². The minimum absolute atomic E-state index is 0.0550. The molecule has 1 unspecified atom stereocenters. The first-order chi connectivity index (χ1) is 22.7. The average Bonchev–Trinajstić information content (AvgIpc) is 3.07. The molecule has 11 heteroatoms. The van der Waals surface area contributed by atoms with E-state index in [1.54, 1.807) is 66.7 Å². The first-order valence-corrected chi connectivity index (χ1v) is 16.1. The predicted octanol–water partition coefficient (Wildman–Crippen LogP) is 9.67. The largest absolute Gasteiger partial charge is 0.325 e. The fraction of sp³-hybridized carbons (Fsp3) is 0.0278. The second-order valence-electron chi connectivity index (χ2n) is 10.1. The molecule has 236 valence electrons. The van der Waals surface area contributed by atoms with E-state index in [2.05, 4.69) is 16.0 Å². The molecule has 0 aromatic heterocycles. The summed E-state index contributed by atoms with van der Waals surface area (Å²) < 4.78 is 13.7. The molecule has 0 aliphatic rings. The molecule has 5 aromatic carbocycles. The van der Waals surface area contributed by atoms with Gasteiger partial charge < -0.3 is 16.0 Å². The molecule has 0 saturated carbocycles. The summed E-state index contributed by atoms with van der Waals surface area (Å²) in [5, 5.41) is 8.22. The summed E-state index contributed by atoms with van der Waals surface area (Å²) in [4.78, 5) is 40.8. The zero-order chi connectivity index (χ0) is 33.3. The van der Waals surface area contributed by atoms with Crippen LogP contribution >= 0.6 is 46.6 Å². The van der Waals surface area contributed by atoms with Gasteiger partial charge in [0.25, 0.3) is 11.8 Å². The van der Waals surface area contributed by atoms with E-state index < -0.39 is 22.9 Å². The molecule has 0 heterocycles. The van der Waals surface area contributed by atoms with Crippen molar-refractivity contribution in [3.8, 4) is 0 Å². The van der Waals surface area contributed by atoms with Crippen LogP contribution in [0.1, 0.15) is 26.7 Å². The van der Waals surface area contributed by atoms with Crippen molar-refractivity contribution in [3.05, 3.63) is 165 Å². The van der Waals surface area contributed by atoms with Crippen LogP contribution < -0.4 is 16.0 Å². The number of hydrogen-bond donors (Lipinski definition) is 3. The number of rotatable bonds is 10. The second kappa shape index (κ2) is 15.8. The summed E-state index contributed by atoms with van der Waals surface area (Å²) in [5.74, 6) is -2.04. The molecule has 5 aromatic rings. The molecule has 3 N–H and O–H groups in total. The van der Waals surface area contributed by atoms with Gasteiger partial charge in [-0.3, -0.25) is 14.4 Å². The van der Waals surface area contributed by atoms with Crippen molar-refractivity contribution in [1.29, 1.82) is 0 Å². The third-order valence-corrected chi connectivity index (χ3v) is 8.76. The average molecular weight is 705 g/mol. The lowest BCUT2D eigenvalue weighted by Crippen LogP contribution is -2.30. The minimum atomic E-state index is -0.710. The highest BCUT2D eigenvalue weighted by molar-refractivity contribution is 8.00. The first-order valence-electron chi connectivity index (χ1n) is 14.1. The summed E-state index contributed by atoms with van der Waals surface area (Å²) in [6, 6.07) is 33.3. The molecular formula is C36H25Cl3FN3O3S. The molecule has 5 rings (SSSR count). The lowest BCUT2D eigenvalue weighted by molar-refractivity contribution is -0.116. The van der Waals surface area contributed by atoms with E-state index in [9.17, 15) is 18.8 Å². The van der Waals surface area contributed by atoms with Crippen LogP contribution in [0.4, 0.5) is 15.8 Å². The zero-order valence-electron chi connectivity index (χ0n) is 24.3. The molecular weight excluding hydrogens is 680 g/mol. The van der Waals surface area contributed by atoms with Gasteiger partial charge >= 0.3 is 0 Å². The monoisotopic (exact) mass is 703 g/mol. The van der Waals surface area contributed by atoms with Gasteiger partial charge in [-0.1, -0.05) is 95.5 Å². The number of anilines is 2. The maximum absolute atomic E-state index is 13.7.